The Hall–Kier alpha value is -1.65. The van der Waals surface area contributed by atoms with Gasteiger partial charge < -0.3 is 0 Å². The molecule has 0 saturated carbocycles. The molecule has 0 bridgehead atoms. The van der Waals surface area contributed by atoms with E-state index < -0.39 is 0 Å². The summed E-state index contributed by atoms with van der Waals surface area (Å²) in [6.45, 7) is 1.90. The number of rotatable bonds is 5. The standard InChI is InChI=1S/C21H20IN/c1-23(15-5-6-17-11-13-20(22)14-12-17)16-19-9-4-8-18-7-2-3-10-21(18)19/h2-14H,15-16H2,1H3. The Morgan fingerprint density at radius 1 is 0.913 bits per heavy atom. The van der Waals surface area contributed by atoms with Crippen molar-refractivity contribution in [2.75, 3.05) is 13.6 Å². The normalized spacial score (nSPS) is 11.6. The summed E-state index contributed by atoms with van der Waals surface area (Å²) in [4.78, 5) is 2.34. The molecular formula is C21H20IN. The maximum absolute atomic E-state index is 2.34. The number of halogens is 1. The third kappa shape index (κ3) is 4.43. The summed E-state index contributed by atoms with van der Waals surface area (Å²) < 4.78 is 1.27. The molecule has 3 aromatic rings. The van der Waals surface area contributed by atoms with Gasteiger partial charge in [0.25, 0.3) is 0 Å². The summed E-state index contributed by atoms with van der Waals surface area (Å²) >= 11 is 2.33. The van der Waals surface area contributed by atoms with Crippen LogP contribution in [-0.2, 0) is 6.54 Å². The maximum atomic E-state index is 2.34. The third-order valence-electron chi connectivity index (χ3n) is 3.92. The number of fused-ring (bicyclic) bond motifs is 1. The molecule has 3 aromatic carbocycles. The molecular weight excluding hydrogens is 393 g/mol. The molecule has 0 heterocycles. The molecule has 0 unspecified atom stereocenters. The third-order valence-corrected chi connectivity index (χ3v) is 4.64. The van der Waals surface area contributed by atoms with Crippen LogP contribution in [0, 0.1) is 3.57 Å². The van der Waals surface area contributed by atoms with Gasteiger partial charge in [-0.25, -0.2) is 0 Å². The fourth-order valence-electron chi connectivity index (χ4n) is 2.73. The lowest BCUT2D eigenvalue weighted by Crippen LogP contribution is -2.17. The van der Waals surface area contributed by atoms with Crippen LogP contribution in [0.15, 0.2) is 72.8 Å². The molecule has 0 aliphatic rings. The van der Waals surface area contributed by atoms with Crippen LogP contribution in [0.5, 0.6) is 0 Å². The van der Waals surface area contributed by atoms with E-state index in [0.29, 0.717) is 0 Å². The van der Waals surface area contributed by atoms with Crippen LogP contribution in [-0.4, -0.2) is 18.5 Å². The van der Waals surface area contributed by atoms with Gasteiger partial charge in [0.05, 0.1) is 0 Å². The highest BCUT2D eigenvalue weighted by molar-refractivity contribution is 14.1. The van der Waals surface area contributed by atoms with Crippen LogP contribution in [0.1, 0.15) is 11.1 Å². The zero-order chi connectivity index (χ0) is 16.1. The number of hydrogen-bond acceptors (Lipinski definition) is 1. The van der Waals surface area contributed by atoms with Crippen molar-refractivity contribution in [2.45, 2.75) is 6.54 Å². The largest absolute Gasteiger partial charge is 0.298 e. The van der Waals surface area contributed by atoms with Crippen LogP contribution in [0.25, 0.3) is 16.8 Å². The minimum Gasteiger partial charge on any atom is -0.298 e. The first kappa shape index (κ1) is 16.2. The van der Waals surface area contributed by atoms with Crippen LogP contribution >= 0.6 is 22.6 Å². The first-order valence-corrected chi connectivity index (χ1v) is 8.87. The molecule has 0 N–H and O–H groups in total. The molecule has 0 aliphatic heterocycles. The van der Waals surface area contributed by atoms with Crippen LogP contribution in [0.2, 0.25) is 0 Å². The van der Waals surface area contributed by atoms with Gasteiger partial charge in [0.1, 0.15) is 0 Å². The van der Waals surface area contributed by atoms with Crippen molar-refractivity contribution in [3.05, 3.63) is 87.5 Å². The fourth-order valence-corrected chi connectivity index (χ4v) is 3.09. The van der Waals surface area contributed by atoms with Crippen molar-refractivity contribution in [1.82, 2.24) is 4.90 Å². The minimum atomic E-state index is 0.940. The van der Waals surface area contributed by atoms with E-state index >= 15 is 0 Å². The van der Waals surface area contributed by atoms with Crippen LogP contribution in [0.4, 0.5) is 0 Å². The van der Waals surface area contributed by atoms with E-state index in [0.717, 1.165) is 13.1 Å². The van der Waals surface area contributed by atoms with E-state index in [4.69, 9.17) is 0 Å². The molecule has 0 aromatic heterocycles. The first-order chi connectivity index (χ1) is 11.2. The second-order valence-electron chi connectivity index (χ2n) is 5.79. The molecule has 0 amide bonds. The molecule has 116 valence electrons. The highest BCUT2D eigenvalue weighted by Crippen LogP contribution is 2.19. The summed E-state index contributed by atoms with van der Waals surface area (Å²) in [7, 11) is 2.17. The summed E-state index contributed by atoms with van der Waals surface area (Å²) in [6.07, 6.45) is 4.42. The van der Waals surface area contributed by atoms with Crippen LogP contribution < -0.4 is 0 Å². The number of likely N-dealkylation sites (N-methyl/N-ethyl adjacent to an activating group) is 1. The lowest BCUT2D eigenvalue weighted by atomic mass is 10.0. The molecule has 0 fully saturated rings. The molecule has 3 rings (SSSR count). The molecule has 0 aliphatic carbocycles. The highest BCUT2D eigenvalue weighted by atomic mass is 127. The smallest absolute Gasteiger partial charge is 0.0240 e. The van der Waals surface area contributed by atoms with E-state index in [-0.39, 0.29) is 0 Å². The molecule has 0 spiro atoms. The first-order valence-electron chi connectivity index (χ1n) is 7.80. The number of benzene rings is 3. The van der Waals surface area contributed by atoms with Gasteiger partial charge in [-0.1, -0.05) is 66.7 Å². The summed E-state index contributed by atoms with van der Waals surface area (Å²) in [5.41, 5.74) is 2.64. The van der Waals surface area contributed by atoms with E-state index in [2.05, 4.69) is 113 Å². The van der Waals surface area contributed by atoms with Crippen molar-refractivity contribution in [1.29, 1.82) is 0 Å². The average molecular weight is 413 g/mol. The van der Waals surface area contributed by atoms with Gasteiger partial charge in [-0.3, -0.25) is 4.90 Å². The monoisotopic (exact) mass is 413 g/mol. The predicted molar refractivity (Wildman–Crippen MR) is 108 cm³/mol. The van der Waals surface area contributed by atoms with Gasteiger partial charge in [-0.05, 0) is 63.7 Å². The van der Waals surface area contributed by atoms with Gasteiger partial charge in [0.2, 0.25) is 0 Å². The Morgan fingerprint density at radius 2 is 1.65 bits per heavy atom. The second kappa shape index (κ2) is 7.75. The predicted octanol–water partition coefficient (Wildman–Crippen LogP) is 5.59. The molecule has 0 radical (unpaired) electrons. The fraction of sp³-hybridized carbons (Fsp3) is 0.143. The average Bonchev–Trinajstić information content (AvgIpc) is 2.57. The number of hydrogen-bond donors (Lipinski definition) is 0. The zero-order valence-corrected chi connectivity index (χ0v) is 15.4. The summed E-state index contributed by atoms with van der Waals surface area (Å²) in [5.74, 6) is 0. The van der Waals surface area contributed by atoms with Gasteiger partial charge in [-0.2, -0.15) is 0 Å². The molecule has 1 nitrogen and oxygen atoms in total. The summed E-state index contributed by atoms with van der Waals surface area (Å²) in [5, 5.41) is 2.66. The van der Waals surface area contributed by atoms with Gasteiger partial charge in [0.15, 0.2) is 0 Å². The minimum absolute atomic E-state index is 0.940. The van der Waals surface area contributed by atoms with Crippen molar-refractivity contribution >= 4 is 39.4 Å². The van der Waals surface area contributed by atoms with Crippen molar-refractivity contribution in [3.8, 4) is 0 Å². The quantitative estimate of drug-likeness (QED) is 0.493. The highest BCUT2D eigenvalue weighted by Gasteiger charge is 2.03. The van der Waals surface area contributed by atoms with E-state index in [1.165, 1.54) is 25.5 Å². The topological polar surface area (TPSA) is 3.24 Å². The van der Waals surface area contributed by atoms with Gasteiger partial charge in [-0.15, -0.1) is 0 Å². The lowest BCUT2D eigenvalue weighted by molar-refractivity contribution is 0.365. The Balaban J connectivity index is 1.64. The molecule has 2 heteroatoms. The maximum Gasteiger partial charge on any atom is 0.0240 e. The van der Waals surface area contributed by atoms with E-state index in [1.54, 1.807) is 0 Å². The Morgan fingerprint density at radius 3 is 2.48 bits per heavy atom. The summed E-state index contributed by atoms with van der Waals surface area (Å²) in [6, 6.07) is 23.7. The second-order valence-corrected chi connectivity index (χ2v) is 7.03. The lowest BCUT2D eigenvalue weighted by Gasteiger charge is -2.16. The Labute approximate surface area is 151 Å². The molecule has 0 saturated heterocycles. The van der Waals surface area contributed by atoms with Crippen molar-refractivity contribution < 1.29 is 0 Å². The van der Waals surface area contributed by atoms with Gasteiger partial charge in [0, 0.05) is 16.7 Å². The molecule has 0 atom stereocenters. The Kier molecular flexibility index (Phi) is 5.47. The van der Waals surface area contributed by atoms with Gasteiger partial charge >= 0.3 is 0 Å². The SMILES string of the molecule is CN(CC=Cc1ccc(I)cc1)Cc1cccc2ccccc12. The Bertz CT molecular complexity index is 800. The van der Waals surface area contributed by atoms with Crippen molar-refractivity contribution in [3.63, 3.8) is 0 Å². The number of nitrogens with zero attached hydrogens (tertiary/aromatic N) is 1. The van der Waals surface area contributed by atoms with Crippen LogP contribution in [0.3, 0.4) is 0 Å². The van der Waals surface area contributed by atoms with Crippen molar-refractivity contribution in [2.24, 2.45) is 0 Å². The molecule has 23 heavy (non-hydrogen) atoms. The zero-order valence-electron chi connectivity index (χ0n) is 13.2. The van der Waals surface area contributed by atoms with E-state index in [1.807, 2.05) is 0 Å². The van der Waals surface area contributed by atoms with E-state index in [9.17, 15) is 0 Å².